The van der Waals surface area contributed by atoms with Gasteiger partial charge in [-0.25, -0.2) is 4.39 Å². The highest BCUT2D eigenvalue weighted by atomic mass is 19.1. The Kier molecular flexibility index (Phi) is 5.83. The van der Waals surface area contributed by atoms with Crippen molar-refractivity contribution in [1.82, 2.24) is 0 Å². The molecule has 0 radical (unpaired) electrons. The fraction of sp³-hybridized carbons (Fsp3) is 0.0952. The summed E-state index contributed by atoms with van der Waals surface area (Å²) in [4.78, 5) is 12.0. The van der Waals surface area contributed by atoms with Crippen LogP contribution < -0.4 is 15.4 Å². The van der Waals surface area contributed by atoms with Gasteiger partial charge in [-0.15, -0.1) is 0 Å². The van der Waals surface area contributed by atoms with Crippen LogP contribution in [0, 0.1) is 5.82 Å². The van der Waals surface area contributed by atoms with Crippen molar-refractivity contribution in [3.05, 3.63) is 84.7 Å². The summed E-state index contributed by atoms with van der Waals surface area (Å²) in [5, 5.41) is 5.91. The Bertz CT molecular complexity index is 834. The van der Waals surface area contributed by atoms with Crippen LogP contribution in [0.3, 0.4) is 0 Å². The largest absolute Gasteiger partial charge is 0.457 e. The second kappa shape index (κ2) is 8.67. The maximum absolute atomic E-state index is 12.8. The van der Waals surface area contributed by atoms with Crippen LogP contribution in [0.15, 0.2) is 78.9 Å². The first-order chi connectivity index (χ1) is 12.7. The number of carbonyl (C=O) groups is 1. The second-order valence-electron chi connectivity index (χ2n) is 5.67. The molecule has 3 aromatic carbocycles. The third-order valence-corrected chi connectivity index (χ3v) is 3.64. The summed E-state index contributed by atoms with van der Waals surface area (Å²) in [6, 6.07) is 22.7. The molecule has 0 spiro atoms. The highest BCUT2D eigenvalue weighted by Crippen LogP contribution is 2.22. The lowest BCUT2D eigenvalue weighted by molar-refractivity contribution is -0.115. The number of para-hydroxylation sites is 1. The molecule has 0 aliphatic carbocycles. The smallest absolute Gasteiger partial charge is 0.226 e. The van der Waals surface area contributed by atoms with Crippen molar-refractivity contribution in [2.75, 3.05) is 17.2 Å². The Labute approximate surface area is 151 Å². The lowest BCUT2D eigenvalue weighted by Crippen LogP contribution is -2.16. The predicted molar refractivity (Wildman–Crippen MR) is 101 cm³/mol. The van der Waals surface area contributed by atoms with E-state index >= 15 is 0 Å². The quantitative estimate of drug-likeness (QED) is 0.626. The van der Waals surface area contributed by atoms with Gasteiger partial charge in [0.25, 0.3) is 0 Å². The molecule has 0 unspecified atom stereocenters. The summed E-state index contributed by atoms with van der Waals surface area (Å²) in [6.45, 7) is 0.465. The molecule has 0 fully saturated rings. The Morgan fingerprint density at radius 2 is 1.42 bits per heavy atom. The summed E-state index contributed by atoms with van der Waals surface area (Å²) in [7, 11) is 0. The van der Waals surface area contributed by atoms with Crippen molar-refractivity contribution in [3.8, 4) is 11.5 Å². The van der Waals surface area contributed by atoms with Gasteiger partial charge in [0.15, 0.2) is 0 Å². The lowest BCUT2D eigenvalue weighted by Gasteiger charge is -2.09. The van der Waals surface area contributed by atoms with Crippen molar-refractivity contribution >= 4 is 17.3 Å². The van der Waals surface area contributed by atoms with E-state index in [4.69, 9.17) is 4.74 Å². The fourth-order valence-corrected chi connectivity index (χ4v) is 2.34. The van der Waals surface area contributed by atoms with E-state index in [2.05, 4.69) is 10.6 Å². The van der Waals surface area contributed by atoms with Crippen molar-refractivity contribution in [2.45, 2.75) is 6.42 Å². The van der Waals surface area contributed by atoms with Gasteiger partial charge in [0.2, 0.25) is 5.91 Å². The molecule has 5 heteroatoms. The van der Waals surface area contributed by atoms with Gasteiger partial charge in [-0.1, -0.05) is 18.2 Å². The molecule has 0 saturated heterocycles. The van der Waals surface area contributed by atoms with E-state index in [9.17, 15) is 9.18 Å². The topological polar surface area (TPSA) is 50.4 Å². The zero-order valence-electron chi connectivity index (χ0n) is 14.1. The lowest BCUT2D eigenvalue weighted by atomic mass is 10.2. The van der Waals surface area contributed by atoms with Crippen molar-refractivity contribution in [2.24, 2.45) is 0 Å². The predicted octanol–water partition coefficient (Wildman–Crippen LogP) is 5.06. The minimum absolute atomic E-state index is 0.101. The molecule has 4 nitrogen and oxygen atoms in total. The number of nitrogens with one attached hydrogen (secondary N) is 2. The molecule has 0 aliphatic heterocycles. The first-order valence-electron chi connectivity index (χ1n) is 8.31. The standard InChI is InChI=1S/C21H19FN2O2/c22-16-6-8-17(9-7-16)23-15-14-21(25)24-18-10-12-20(13-11-18)26-19-4-2-1-3-5-19/h1-13,23H,14-15H2,(H,24,25). The molecule has 0 aliphatic rings. The Balaban J connectivity index is 1.44. The normalized spacial score (nSPS) is 10.2. The maximum Gasteiger partial charge on any atom is 0.226 e. The molecule has 0 saturated carbocycles. The van der Waals surface area contributed by atoms with Crippen molar-refractivity contribution in [3.63, 3.8) is 0 Å². The van der Waals surface area contributed by atoms with E-state index in [1.807, 2.05) is 30.3 Å². The van der Waals surface area contributed by atoms with Gasteiger partial charge in [-0.3, -0.25) is 4.79 Å². The average Bonchev–Trinajstić information content (AvgIpc) is 2.66. The highest BCUT2D eigenvalue weighted by molar-refractivity contribution is 5.91. The molecule has 0 atom stereocenters. The zero-order chi connectivity index (χ0) is 18.2. The van der Waals surface area contributed by atoms with Crippen LogP contribution >= 0.6 is 0 Å². The van der Waals surface area contributed by atoms with E-state index in [-0.39, 0.29) is 11.7 Å². The minimum Gasteiger partial charge on any atom is -0.457 e. The van der Waals surface area contributed by atoms with Gasteiger partial charge in [0, 0.05) is 24.3 Å². The van der Waals surface area contributed by atoms with E-state index < -0.39 is 0 Å². The van der Waals surface area contributed by atoms with Gasteiger partial charge in [-0.05, 0) is 60.7 Å². The molecule has 2 N–H and O–H groups in total. The first kappa shape index (κ1) is 17.5. The van der Waals surface area contributed by atoms with Gasteiger partial charge in [-0.2, -0.15) is 0 Å². The Morgan fingerprint density at radius 3 is 2.12 bits per heavy atom. The summed E-state index contributed by atoms with van der Waals surface area (Å²) in [5.41, 5.74) is 1.49. The van der Waals surface area contributed by atoms with Crippen LogP contribution in [0.4, 0.5) is 15.8 Å². The molecule has 132 valence electrons. The van der Waals surface area contributed by atoms with Crippen LogP contribution in [0.5, 0.6) is 11.5 Å². The number of carbonyl (C=O) groups excluding carboxylic acids is 1. The van der Waals surface area contributed by atoms with Gasteiger partial charge >= 0.3 is 0 Å². The fourth-order valence-electron chi connectivity index (χ4n) is 2.34. The van der Waals surface area contributed by atoms with E-state index in [0.717, 1.165) is 11.4 Å². The molecule has 0 aromatic heterocycles. The summed E-state index contributed by atoms with van der Waals surface area (Å²) in [5.74, 6) is 1.08. The Morgan fingerprint density at radius 1 is 0.808 bits per heavy atom. The molecular weight excluding hydrogens is 331 g/mol. The van der Waals surface area contributed by atoms with Crippen LogP contribution in [-0.2, 0) is 4.79 Å². The summed E-state index contributed by atoms with van der Waals surface area (Å²) < 4.78 is 18.5. The third-order valence-electron chi connectivity index (χ3n) is 3.64. The number of halogens is 1. The number of amides is 1. The number of rotatable bonds is 7. The van der Waals surface area contributed by atoms with E-state index in [1.165, 1.54) is 12.1 Å². The molecule has 3 rings (SSSR count). The van der Waals surface area contributed by atoms with Crippen LogP contribution in [0.25, 0.3) is 0 Å². The highest BCUT2D eigenvalue weighted by Gasteiger charge is 2.03. The monoisotopic (exact) mass is 350 g/mol. The zero-order valence-corrected chi connectivity index (χ0v) is 14.1. The van der Waals surface area contributed by atoms with Crippen molar-refractivity contribution < 1.29 is 13.9 Å². The number of anilines is 2. The third kappa shape index (κ3) is 5.34. The maximum atomic E-state index is 12.8. The van der Waals surface area contributed by atoms with E-state index in [0.29, 0.717) is 24.4 Å². The number of hydrogen-bond acceptors (Lipinski definition) is 3. The molecule has 0 heterocycles. The van der Waals surface area contributed by atoms with Crippen LogP contribution in [-0.4, -0.2) is 12.5 Å². The number of benzene rings is 3. The summed E-state index contributed by atoms with van der Waals surface area (Å²) in [6.07, 6.45) is 0.305. The molecule has 3 aromatic rings. The second-order valence-corrected chi connectivity index (χ2v) is 5.67. The van der Waals surface area contributed by atoms with Gasteiger partial charge in [0.05, 0.1) is 0 Å². The van der Waals surface area contributed by atoms with Crippen molar-refractivity contribution in [1.29, 1.82) is 0 Å². The number of ether oxygens (including phenoxy) is 1. The molecule has 1 amide bonds. The minimum atomic E-state index is -0.284. The SMILES string of the molecule is O=C(CCNc1ccc(F)cc1)Nc1ccc(Oc2ccccc2)cc1. The Hall–Kier alpha value is -3.34. The van der Waals surface area contributed by atoms with Crippen LogP contribution in [0.2, 0.25) is 0 Å². The molecular formula is C21H19FN2O2. The van der Waals surface area contributed by atoms with Gasteiger partial charge < -0.3 is 15.4 Å². The van der Waals surface area contributed by atoms with Gasteiger partial charge in [0.1, 0.15) is 17.3 Å². The number of hydrogen-bond donors (Lipinski definition) is 2. The van der Waals surface area contributed by atoms with E-state index in [1.54, 1.807) is 36.4 Å². The first-order valence-corrected chi connectivity index (χ1v) is 8.31. The average molecular weight is 350 g/mol. The van der Waals surface area contributed by atoms with Crippen LogP contribution in [0.1, 0.15) is 6.42 Å². The summed E-state index contributed by atoms with van der Waals surface area (Å²) >= 11 is 0. The molecule has 0 bridgehead atoms. The molecule has 26 heavy (non-hydrogen) atoms.